The fraction of sp³-hybridized carbons (Fsp3) is 0.600. The Morgan fingerprint density at radius 1 is 1.53 bits per heavy atom. The molecule has 1 amide bonds. The summed E-state index contributed by atoms with van der Waals surface area (Å²) in [6.07, 6.45) is 3.67. The lowest BCUT2D eigenvalue weighted by atomic mass is 10.5. The van der Waals surface area contributed by atoms with Crippen molar-refractivity contribution in [1.82, 2.24) is 9.71 Å². The predicted octanol–water partition coefficient (Wildman–Crippen LogP) is 1.49. The molecule has 0 aromatic carbocycles. The summed E-state index contributed by atoms with van der Waals surface area (Å²) in [6, 6.07) is 0. The molecule has 7 heteroatoms. The Labute approximate surface area is 104 Å². The average molecular weight is 274 g/mol. The van der Waals surface area contributed by atoms with Crippen LogP contribution in [0.4, 0.5) is 0 Å². The van der Waals surface area contributed by atoms with Gasteiger partial charge in [-0.05, 0) is 26.7 Å². The zero-order valence-electron chi connectivity index (χ0n) is 9.63. The molecule has 0 spiro atoms. The van der Waals surface area contributed by atoms with Crippen LogP contribution in [-0.2, 0) is 10.0 Å². The molecule has 1 aliphatic carbocycles. The second-order valence-corrected chi connectivity index (χ2v) is 7.66. The van der Waals surface area contributed by atoms with Crippen molar-refractivity contribution in [3.05, 3.63) is 16.1 Å². The molecule has 1 aliphatic rings. The fourth-order valence-electron chi connectivity index (χ4n) is 1.21. The number of aromatic nitrogens is 1. The molecular formula is C10H14N2O3S2. The molecule has 0 saturated heterocycles. The maximum absolute atomic E-state index is 11.7. The van der Waals surface area contributed by atoms with Gasteiger partial charge in [-0.15, -0.1) is 11.3 Å². The molecule has 17 heavy (non-hydrogen) atoms. The standard InChI is InChI=1S/C10H14N2O3S2/c1-6(2)17(14,15)12-9(13)8-5-11-10(16-8)7-3-4-7/h5-7H,3-4H2,1-2H3,(H,12,13). The summed E-state index contributed by atoms with van der Waals surface area (Å²) in [5.74, 6) is -0.105. The quantitative estimate of drug-likeness (QED) is 0.902. The molecule has 1 saturated carbocycles. The topological polar surface area (TPSA) is 76.1 Å². The van der Waals surface area contributed by atoms with Gasteiger partial charge in [0, 0.05) is 5.92 Å². The average Bonchev–Trinajstić information content (AvgIpc) is 2.95. The van der Waals surface area contributed by atoms with E-state index in [1.807, 2.05) is 4.72 Å². The van der Waals surface area contributed by atoms with Crippen LogP contribution in [0.2, 0.25) is 0 Å². The number of nitrogens with one attached hydrogen (secondary N) is 1. The van der Waals surface area contributed by atoms with Crippen LogP contribution in [0.15, 0.2) is 6.20 Å². The molecule has 1 aromatic heterocycles. The highest BCUT2D eigenvalue weighted by Gasteiger charge is 2.28. The van der Waals surface area contributed by atoms with Gasteiger partial charge in [-0.1, -0.05) is 0 Å². The highest BCUT2D eigenvalue weighted by Crippen LogP contribution is 2.41. The normalized spacial score (nSPS) is 16.2. The van der Waals surface area contributed by atoms with E-state index in [1.54, 1.807) is 0 Å². The summed E-state index contributed by atoms with van der Waals surface area (Å²) in [5.41, 5.74) is 0. The van der Waals surface area contributed by atoms with Crippen molar-refractivity contribution in [2.45, 2.75) is 37.9 Å². The van der Waals surface area contributed by atoms with E-state index in [0.29, 0.717) is 10.8 Å². The minimum Gasteiger partial charge on any atom is -0.267 e. The third-order valence-corrected chi connectivity index (χ3v) is 5.40. The fourth-order valence-corrected chi connectivity index (χ4v) is 2.86. The SMILES string of the molecule is CC(C)S(=O)(=O)NC(=O)c1cnc(C2CC2)s1. The van der Waals surface area contributed by atoms with Crippen molar-refractivity contribution in [3.8, 4) is 0 Å². The molecule has 1 N–H and O–H groups in total. The van der Waals surface area contributed by atoms with Gasteiger partial charge in [0.1, 0.15) is 4.88 Å². The number of sulfonamides is 1. The highest BCUT2D eigenvalue weighted by molar-refractivity contribution is 7.90. The van der Waals surface area contributed by atoms with Crippen molar-refractivity contribution < 1.29 is 13.2 Å². The molecule has 0 unspecified atom stereocenters. The van der Waals surface area contributed by atoms with Gasteiger partial charge in [0.2, 0.25) is 10.0 Å². The molecule has 2 rings (SSSR count). The van der Waals surface area contributed by atoms with Crippen LogP contribution in [0.25, 0.3) is 0 Å². The molecule has 0 radical (unpaired) electrons. The predicted molar refractivity (Wildman–Crippen MR) is 65.6 cm³/mol. The molecule has 0 aliphatic heterocycles. The second kappa shape index (κ2) is 4.38. The van der Waals surface area contributed by atoms with Gasteiger partial charge in [-0.3, -0.25) is 4.79 Å². The van der Waals surface area contributed by atoms with Crippen molar-refractivity contribution in [3.63, 3.8) is 0 Å². The van der Waals surface area contributed by atoms with E-state index >= 15 is 0 Å². The highest BCUT2D eigenvalue weighted by atomic mass is 32.2. The van der Waals surface area contributed by atoms with E-state index in [4.69, 9.17) is 0 Å². The maximum Gasteiger partial charge on any atom is 0.276 e. The first kappa shape index (κ1) is 12.5. The zero-order chi connectivity index (χ0) is 12.6. The minimum absolute atomic E-state index is 0.358. The first-order chi connectivity index (χ1) is 7.90. The summed E-state index contributed by atoms with van der Waals surface area (Å²) in [4.78, 5) is 16.2. The van der Waals surface area contributed by atoms with Crippen LogP contribution >= 0.6 is 11.3 Å². The molecular weight excluding hydrogens is 260 g/mol. The molecule has 94 valence electrons. The van der Waals surface area contributed by atoms with Gasteiger partial charge in [-0.2, -0.15) is 0 Å². The van der Waals surface area contributed by atoms with E-state index in [0.717, 1.165) is 17.8 Å². The number of hydrogen-bond donors (Lipinski definition) is 1. The summed E-state index contributed by atoms with van der Waals surface area (Å²) in [6.45, 7) is 3.05. The van der Waals surface area contributed by atoms with E-state index < -0.39 is 21.2 Å². The second-order valence-electron chi connectivity index (χ2n) is 4.36. The third-order valence-electron chi connectivity index (χ3n) is 2.53. The molecule has 1 aromatic rings. The van der Waals surface area contributed by atoms with Crippen LogP contribution in [0.5, 0.6) is 0 Å². The third kappa shape index (κ3) is 2.84. The van der Waals surface area contributed by atoms with Crippen molar-refractivity contribution in [2.24, 2.45) is 0 Å². The lowest BCUT2D eigenvalue weighted by molar-refractivity contribution is 0.0985. The Kier molecular flexibility index (Phi) is 3.22. The van der Waals surface area contributed by atoms with Gasteiger partial charge in [0.05, 0.1) is 16.5 Å². The van der Waals surface area contributed by atoms with Gasteiger partial charge in [-0.25, -0.2) is 18.1 Å². The summed E-state index contributed by atoms with van der Waals surface area (Å²) in [5, 5.41) is 0.305. The molecule has 1 fully saturated rings. The Bertz CT molecular complexity index is 530. The van der Waals surface area contributed by atoms with Crippen LogP contribution in [0.1, 0.15) is 47.3 Å². The number of rotatable bonds is 4. The number of thiazole rings is 1. The molecule has 0 atom stereocenters. The first-order valence-corrected chi connectivity index (χ1v) is 7.78. The Morgan fingerprint density at radius 3 is 2.71 bits per heavy atom. The number of carbonyl (C=O) groups is 1. The Morgan fingerprint density at radius 2 is 2.18 bits per heavy atom. The summed E-state index contributed by atoms with van der Waals surface area (Å²) >= 11 is 1.28. The van der Waals surface area contributed by atoms with Crippen LogP contribution in [0.3, 0.4) is 0 Å². The molecule has 1 heterocycles. The van der Waals surface area contributed by atoms with Crippen molar-refractivity contribution in [2.75, 3.05) is 0 Å². The van der Waals surface area contributed by atoms with Gasteiger partial charge >= 0.3 is 0 Å². The van der Waals surface area contributed by atoms with Crippen LogP contribution in [0, 0.1) is 0 Å². The number of hydrogen-bond acceptors (Lipinski definition) is 5. The monoisotopic (exact) mass is 274 g/mol. The van der Waals surface area contributed by atoms with Gasteiger partial charge in [0.25, 0.3) is 5.91 Å². The lowest BCUT2D eigenvalue weighted by Gasteiger charge is -2.07. The number of nitrogens with zero attached hydrogens (tertiary/aromatic N) is 1. The largest absolute Gasteiger partial charge is 0.276 e. The summed E-state index contributed by atoms with van der Waals surface area (Å²) in [7, 11) is -3.56. The van der Waals surface area contributed by atoms with Crippen LogP contribution in [-0.4, -0.2) is 24.6 Å². The lowest BCUT2D eigenvalue weighted by Crippen LogP contribution is -2.35. The Balaban J connectivity index is 2.09. The first-order valence-electron chi connectivity index (χ1n) is 5.42. The van der Waals surface area contributed by atoms with Crippen LogP contribution < -0.4 is 4.72 Å². The number of carbonyl (C=O) groups excluding carboxylic acids is 1. The van der Waals surface area contributed by atoms with Crippen molar-refractivity contribution in [1.29, 1.82) is 0 Å². The van der Waals surface area contributed by atoms with E-state index in [1.165, 1.54) is 31.4 Å². The Hall–Kier alpha value is -0.950. The van der Waals surface area contributed by atoms with E-state index in [2.05, 4.69) is 4.98 Å². The van der Waals surface area contributed by atoms with Crippen molar-refractivity contribution >= 4 is 27.3 Å². The number of amides is 1. The summed E-state index contributed by atoms with van der Waals surface area (Å²) < 4.78 is 25.1. The van der Waals surface area contributed by atoms with E-state index in [9.17, 15) is 13.2 Å². The van der Waals surface area contributed by atoms with Gasteiger partial charge in [0.15, 0.2) is 0 Å². The molecule has 5 nitrogen and oxygen atoms in total. The maximum atomic E-state index is 11.7. The smallest absolute Gasteiger partial charge is 0.267 e. The van der Waals surface area contributed by atoms with E-state index in [-0.39, 0.29) is 0 Å². The minimum atomic E-state index is -3.56. The van der Waals surface area contributed by atoms with Gasteiger partial charge < -0.3 is 0 Å². The molecule has 0 bridgehead atoms. The zero-order valence-corrected chi connectivity index (χ0v) is 11.3.